The van der Waals surface area contributed by atoms with Gasteiger partial charge in [0.05, 0.1) is 6.20 Å². The van der Waals surface area contributed by atoms with Crippen LogP contribution < -0.4 is 0 Å². The predicted molar refractivity (Wildman–Crippen MR) is 44.6 cm³/mol. The number of aromatic nitrogens is 3. The summed E-state index contributed by atoms with van der Waals surface area (Å²) in [6, 6.07) is 0. The van der Waals surface area contributed by atoms with Crippen molar-refractivity contribution in [1.29, 1.82) is 0 Å². The van der Waals surface area contributed by atoms with Crippen LogP contribution in [0.25, 0.3) is 10.2 Å². The van der Waals surface area contributed by atoms with E-state index >= 15 is 0 Å². The van der Waals surface area contributed by atoms with Gasteiger partial charge in [-0.3, -0.25) is 0 Å². The zero-order chi connectivity index (χ0) is 7.68. The molecule has 0 bridgehead atoms. The van der Waals surface area contributed by atoms with E-state index in [1.165, 1.54) is 11.5 Å². The largest absolute Gasteiger partial charge is 0.241 e. The van der Waals surface area contributed by atoms with Crippen molar-refractivity contribution in [3.05, 3.63) is 18.2 Å². The summed E-state index contributed by atoms with van der Waals surface area (Å²) in [5.74, 6) is 0.891. The number of aryl methyl sites for hydroxylation is 1. The summed E-state index contributed by atoms with van der Waals surface area (Å²) < 4.78 is 4.02. The lowest BCUT2D eigenvalue weighted by Crippen LogP contribution is -1.89. The van der Waals surface area contributed by atoms with Gasteiger partial charge in [0, 0.05) is 18.0 Å². The molecule has 0 amide bonds. The van der Waals surface area contributed by atoms with E-state index in [-0.39, 0.29) is 0 Å². The fraction of sp³-hybridized carbons (Fsp3) is 0.286. The van der Waals surface area contributed by atoms with Gasteiger partial charge in [0.25, 0.3) is 0 Å². The van der Waals surface area contributed by atoms with Gasteiger partial charge < -0.3 is 0 Å². The minimum atomic E-state index is 0.883. The molecule has 0 spiro atoms. The maximum Gasteiger partial charge on any atom is 0.147 e. The lowest BCUT2D eigenvalue weighted by Gasteiger charge is -1.91. The fourth-order valence-electron chi connectivity index (χ4n) is 0.875. The van der Waals surface area contributed by atoms with Crippen molar-refractivity contribution >= 4 is 21.7 Å². The number of fused-ring (bicyclic) bond motifs is 1. The molecule has 2 rings (SSSR count). The molecule has 2 heterocycles. The molecule has 11 heavy (non-hydrogen) atoms. The van der Waals surface area contributed by atoms with Crippen LogP contribution in [0.4, 0.5) is 0 Å². The Morgan fingerprint density at radius 1 is 1.45 bits per heavy atom. The highest BCUT2D eigenvalue weighted by Crippen LogP contribution is 2.13. The number of nitrogens with zero attached hydrogens (tertiary/aromatic N) is 3. The Morgan fingerprint density at radius 2 is 2.36 bits per heavy atom. The average molecular weight is 165 g/mol. The molecule has 0 aromatic carbocycles. The Hall–Kier alpha value is -1.03. The highest BCUT2D eigenvalue weighted by Gasteiger charge is 1.98. The van der Waals surface area contributed by atoms with E-state index in [9.17, 15) is 0 Å². The van der Waals surface area contributed by atoms with E-state index in [1.54, 1.807) is 6.20 Å². The summed E-state index contributed by atoms with van der Waals surface area (Å²) in [7, 11) is 0. The highest BCUT2D eigenvalue weighted by molar-refractivity contribution is 7.12. The Balaban J connectivity index is 2.67. The van der Waals surface area contributed by atoms with E-state index in [0.29, 0.717) is 0 Å². The third-order valence-electron chi connectivity index (χ3n) is 1.48. The standard InChI is InChI=1S/C7H7N3S/c1-2-6-8-3-5-4-9-11-7(5)10-6/h3-4H,2H2,1H3. The molecule has 0 N–H and O–H groups in total. The second kappa shape index (κ2) is 2.54. The van der Waals surface area contributed by atoms with Crippen LogP contribution in [-0.4, -0.2) is 14.3 Å². The lowest BCUT2D eigenvalue weighted by molar-refractivity contribution is 0.964. The van der Waals surface area contributed by atoms with Gasteiger partial charge in [0.15, 0.2) is 0 Å². The van der Waals surface area contributed by atoms with E-state index in [2.05, 4.69) is 14.3 Å². The zero-order valence-corrected chi connectivity index (χ0v) is 6.93. The van der Waals surface area contributed by atoms with E-state index in [1.807, 2.05) is 13.1 Å². The van der Waals surface area contributed by atoms with Crippen LogP contribution in [-0.2, 0) is 6.42 Å². The Bertz CT molecular complexity index is 368. The molecular formula is C7H7N3S. The number of hydrogen-bond acceptors (Lipinski definition) is 4. The molecule has 0 fully saturated rings. The Morgan fingerprint density at radius 3 is 3.18 bits per heavy atom. The molecule has 3 nitrogen and oxygen atoms in total. The van der Waals surface area contributed by atoms with Crippen molar-refractivity contribution in [2.45, 2.75) is 13.3 Å². The van der Waals surface area contributed by atoms with Crippen LogP contribution in [0, 0.1) is 0 Å². The fourth-order valence-corrected chi connectivity index (χ4v) is 1.50. The highest BCUT2D eigenvalue weighted by atomic mass is 32.1. The molecule has 0 aliphatic heterocycles. The van der Waals surface area contributed by atoms with E-state index in [4.69, 9.17) is 0 Å². The van der Waals surface area contributed by atoms with Gasteiger partial charge in [-0.15, -0.1) is 0 Å². The van der Waals surface area contributed by atoms with Gasteiger partial charge in [-0.2, -0.15) is 4.37 Å². The smallest absolute Gasteiger partial charge is 0.147 e. The molecule has 2 aromatic rings. The van der Waals surface area contributed by atoms with Gasteiger partial charge in [-0.05, 0) is 11.5 Å². The second-order valence-corrected chi connectivity index (χ2v) is 3.01. The summed E-state index contributed by atoms with van der Waals surface area (Å²) in [6.07, 6.45) is 4.50. The quantitative estimate of drug-likeness (QED) is 0.645. The van der Waals surface area contributed by atoms with Crippen LogP contribution in [0.5, 0.6) is 0 Å². The van der Waals surface area contributed by atoms with Crippen LogP contribution in [0.1, 0.15) is 12.7 Å². The molecule has 4 heteroatoms. The molecule has 0 saturated heterocycles. The number of hydrogen-bond donors (Lipinski definition) is 0. The van der Waals surface area contributed by atoms with Gasteiger partial charge >= 0.3 is 0 Å². The molecule has 0 radical (unpaired) electrons. The van der Waals surface area contributed by atoms with Crippen LogP contribution in [0.2, 0.25) is 0 Å². The first kappa shape index (κ1) is 6.67. The van der Waals surface area contributed by atoms with Crippen molar-refractivity contribution in [3.8, 4) is 0 Å². The third-order valence-corrected chi connectivity index (χ3v) is 2.19. The van der Waals surface area contributed by atoms with Gasteiger partial charge in [0.2, 0.25) is 0 Å². The average Bonchev–Trinajstić information content (AvgIpc) is 2.50. The maximum absolute atomic E-state index is 4.30. The normalized spacial score (nSPS) is 10.6. The predicted octanol–water partition coefficient (Wildman–Crippen LogP) is 1.65. The SMILES string of the molecule is CCc1ncc2cnsc2n1. The summed E-state index contributed by atoms with van der Waals surface area (Å²) in [4.78, 5) is 9.43. The topological polar surface area (TPSA) is 38.7 Å². The van der Waals surface area contributed by atoms with Gasteiger partial charge in [-0.1, -0.05) is 6.92 Å². The van der Waals surface area contributed by atoms with Crippen molar-refractivity contribution < 1.29 is 0 Å². The number of rotatable bonds is 1. The minimum Gasteiger partial charge on any atom is -0.241 e. The molecule has 56 valence electrons. The molecule has 0 aliphatic rings. The minimum absolute atomic E-state index is 0.883. The Labute approximate surface area is 68.3 Å². The molecule has 0 aliphatic carbocycles. The van der Waals surface area contributed by atoms with Gasteiger partial charge in [-0.25, -0.2) is 9.97 Å². The maximum atomic E-state index is 4.30. The zero-order valence-electron chi connectivity index (χ0n) is 6.11. The van der Waals surface area contributed by atoms with Crippen molar-refractivity contribution in [1.82, 2.24) is 14.3 Å². The molecule has 2 aromatic heterocycles. The van der Waals surface area contributed by atoms with Crippen LogP contribution in [0.15, 0.2) is 12.4 Å². The third kappa shape index (κ3) is 1.09. The van der Waals surface area contributed by atoms with Crippen molar-refractivity contribution in [3.63, 3.8) is 0 Å². The first-order valence-electron chi connectivity index (χ1n) is 3.46. The molecule has 0 atom stereocenters. The van der Waals surface area contributed by atoms with E-state index in [0.717, 1.165) is 22.5 Å². The lowest BCUT2D eigenvalue weighted by atomic mass is 10.4. The van der Waals surface area contributed by atoms with Gasteiger partial charge in [0.1, 0.15) is 10.7 Å². The first-order chi connectivity index (χ1) is 5.40. The molecule has 0 saturated carbocycles. The second-order valence-electron chi connectivity index (χ2n) is 2.23. The van der Waals surface area contributed by atoms with Crippen molar-refractivity contribution in [2.24, 2.45) is 0 Å². The van der Waals surface area contributed by atoms with Crippen LogP contribution in [0.3, 0.4) is 0 Å². The van der Waals surface area contributed by atoms with Crippen LogP contribution >= 0.6 is 11.5 Å². The monoisotopic (exact) mass is 165 g/mol. The molecular weight excluding hydrogens is 158 g/mol. The summed E-state index contributed by atoms with van der Waals surface area (Å²) in [5.41, 5.74) is 0. The van der Waals surface area contributed by atoms with Crippen molar-refractivity contribution in [2.75, 3.05) is 0 Å². The summed E-state index contributed by atoms with van der Waals surface area (Å²) in [5, 5.41) is 1.03. The summed E-state index contributed by atoms with van der Waals surface area (Å²) >= 11 is 1.42. The molecule has 0 unspecified atom stereocenters. The summed E-state index contributed by atoms with van der Waals surface area (Å²) in [6.45, 7) is 2.04. The van der Waals surface area contributed by atoms with E-state index < -0.39 is 0 Å². The Kier molecular flexibility index (Phi) is 1.54. The first-order valence-corrected chi connectivity index (χ1v) is 4.24.